The topological polar surface area (TPSA) is 77.8 Å². The zero-order valence-electron chi connectivity index (χ0n) is 2.70. The minimum atomic E-state index is -4.64. The van der Waals surface area contributed by atoms with Crippen LogP contribution < -0.4 is 0 Å². The monoisotopic (exact) mass is 230 g/mol. The summed E-state index contributed by atoms with van der Waals surface area (Å²) in [6, 6.07) is 0. The second-order valence-electron chi connectivity index (χ2n) is 0.513. The summed E-state index contributed by atoms with van der Waals surface area (Å²) in [6.45, 7) is 0. The Labute approximate surface area is 122 Å². The molecule has 0 saturated heterocycles. The Balaban J connectivity index is -0.0000000267. The molecule has 0 saturated carbocycles. The summed E-state index contributed by atoms with van der Waals surface area (Å²) < 4.78 is 8.88. The Morgan fingerprint density at radius 1 is 1.00 bits per heavy atom. The van der Waals surface area contributed by atoms with Gasteiger partial charge < -0.3 is 14.7 Å². The van der Waals surface area contributed by atoms with E-state index in [-0.39, 0.29) is 97.2 Å². The van der Waals surface area contributed by atoms with Gasteiger partial charge in [-0.3, -0.25) is 0 Å². The van der Waals surface area contributed by atoms with Gasteiger partial charge in [0.05, 0.1) is 0 Å². The molecule has 0 aromatic heterocycles. The summed E-state index contributed by atoms with van der Waals surface area (Å²) >= 11 is 0. The number of hydrogen-bond acceptors (Lipinski definition) is 1. The quantitative estimate of drug-likeness (QED) is 0.311. The SMILES string of the molecule is O=P(O)(O)O.[CaH2].[CaH2].[Ti]. The molecule has 0 rings (SSSR count). The van der Waals surface area contributed by atoms with Crippen LogP contribution in [0.5, 0.6) is 0 Å². The Hall–Kier alpha value is 3.34. The van der Waals surface area contributed by atoms with Crippen LogP contribution in [0.3, 0.4) is 0 Å². The van der Waals surface area contributed by atoms with Crippen LogP contribution >= 0.6 is 7.82 Å². The van der Waals surface area contributed by atoms with Crippen molar-refractivity contribution in [3.05, 3.63) is 0 Å². The minimum absolute atomic E-state index is 0. The molecule has 4 nitrogen and oxygen atoms in total. The van der Waals surface area contributed by atoms with E-state index in [0.29, 0.717) is 0 Å². The fourth-order valence-corrected chi connectivity index (χ4v) is 0. The Morgan fingerprint density at radius 3 is 1.00 bits per heavy atom. The van der Waals surface area contributed by atoms with Crippen LogP contribution in [0.25, 0.3) is 0 Å². The van der Waals surface area contributed by atoms with E-state index < -0.39 is 7.82 Å². The first-order valence-electron chi connectivity index (χ1n) is 0.783. The van der Waals surface area contributed by atoms with Crippen molar-refractivity contribution < 1.29 is 41.0 Å². The molecule has 8 heteroatoms. The molecule has 3 N–H and O–H groups in total. The summed E-state index contributed by atoms with van der Waals surface area (Å²) in [4.78, 5) is 21.6. The van der Waals surface area contributed by atoms with Gasteiger partial charge in [-0.2, -0.15) is 0 Å². The molecule has 0 atom stereocenters. The van der Waals surface area contributed by atoms with Crippen molar-refractivity contribution >= 4 is 83.3 Å². The van der Waals surface area contributed by atoms with E-state index in [1.54, 1.807) is 0 Å². The molecule has 0 aliphatic rings. The Bertz CT molecular complexity index is 60.2. The maximum atomic E-state index is 8.88. The van der Waals surface area contributed by atoms with Gasteiger partial charge in [-0.15, -0.1) is 0 Å². The summed E-state index contributed by atoms with van der Waals surface area (Å²) in [5, 5.41) is 0. The van der Waals surface area contributed by atoms with Gasteiger partial charge in [0.15, 0.2) is 0 Å². The molecule has 0 bridgehead atoms. The van der Waals surface area contributed by atoms with Gasteiger partial charge in [0.2, 0.25) is 0 Å². The maximum Gasteiger partial charge on any atom is 0 e. The van der Waals surface area contributed by atoms with E-state index in [4.69, 9.17) is 19.2 Å². The average Bonchev–Trinajstić information content (AvgIpc) is 0.722. The standard InChI is InChI=1S/2Ca.H3O4P.Ti.4H/c;;1-5(2,3)4;;;;;/h;;(H3,1,2,3,4);;;;;. The van der Waals surface area contributed by atoms with E-state index in [9.17, 15) is 0 Å². The first-order valence-corrected chi connectivity index (χ1v) is 2.35. The van der Waals surface area contributed by atoms with Crippen molar-refractivity contribution in [2.75, 3.05) is 0 Å². The van der Waals surface area contributed by atoms with Crippen molar-refractivity contribution in [1.29, 1.82) is 0 Å². The van der Waals surface area contributed by atoms with Gasteiger partial charge in [-0.25, -0.2) is 4.57 Å². The predicted octanol–water partition coefficient (Wildman–Crippen LogP) is -2.76. The number of rotatable bonds is 0. The second-order valence-corrected chi connectivity index (χ2v) is 1.54. The zero-order valence-corrected chi connectivity index (χ0v) is 5.15. The smallest absolute Gasteiger partial charge is 0 e. The summed E-state index contributed by atoms with van der Waals surface area (Å²) in [5.41, 5.74) is 0. The van der Waals surface area contributed by atoms with Crippen LogP contribution in [0.4, 0.5) is 0 Å². The average molecular weight is 230 g/mol. The molecule has 8 heavy (non-hydrogen) atoms. The predicted molar refractivity (Wildman–Crippen MR) is 31.4 cm³/mol. The third-order valence-electron chi connectivity index (χ3n) is 0. The van der Waals surface area contributed by atoms with Crippen molar-refractivity contribution in [2.45, 2.75) is 0 Å². The summed E-state index contributed by atoms with van der Waals surface area (Å²) in [5.74, 6) is 0. The van der Waals surface area contributed by atoms with E-state index >= 15 is 0 Å². The van der Waals surface area contributed by atoms with Crippen molar-refractivity contribution in [3.8, 4) is 0 Å². The van der Waals surface area contributed by atoms with Gasteiger partial charge in [-0.1, -0.05) is 0 Å². The molecule has 0 unspecified atom stereocenters. The molecule has 0 aliphatic heterocycles. The molecule has 0 aromatic rings. The third kappa shape index (κ3) is 58.2. The van der Waals surface area contributed by atoms with Crippen LogP contribution in [0.2, 0.25) is 0 Å². The first kappa shape index (κ1) is 22.5. The third-order valence-corrected chi connectivity index (χ3v) is 0. The molecular formula is H7Ca2O4PTi. The molecular weight excluding hydrogens is 223 g/mol. The fraction of sp³-hybridized carbons (Fsp3) is 0. The fourth-order valence-electron chi connectivity index (χ4n) is 0. The van der Waals surface area contributed by atoms with Gasteiger partial charge in [0.25, 0.3) is 0 Å². The maximum absolute atomic E-state index is 8.88. The Kier molecular flexibility index (Phi) is 29.1. The molecule has 0 amide bonds. The molecule has 44 valence electrons. The molecule has 0 aliphatic carbocycles. The van der Waals surface area contributed by atoms with Gasteiger partial charge >= 0.3 is 83.3 Å². The number of phosphoric acid groups is 1. The normalized spacial score (nSPS) is 7.38. The van der Waals surface area contributed by atoms with Crippen LogP contribution in [-0.4, -0.2) is 90.2 Å². The van der Waals surface area contributed by atoms with E-state index in [0.717, 1.165) is 0 Å². The molecule has 0 heterocycles. The van der Waals surface area contributed by atoms with Crippen molar-refractivity contribution in [2.24, 2.45) is 0 Å². The van der Waals surface area contributed by atoms with Crippen LogP contribution in [0, 0.1) is 0 Å². The number of hydrogen-bond donors (Lipinski definition) is 3. The van der Waals surface area contributed by atoms with Crippen molar-refractivity contribution in [3.63, 3.8) is 0 Å². The van der Waals surface area contributed by atoms with Gasteiger partial charge in [-0.05, 0) is 0 Å². The minimum Gasteiger partial charge on any atom is 0 e. The van der Waals surface area contributed by atoms with Gasteiger partial charge in [0.1, 0.15) is 0 Å². The zero-order chi connectivity index (χ0) is 4.50. The molecule has 0 fully saturated rings. The van der Waals surface area contributed by atoms with Crippen LogP contribution in [0.1, 0.15) is 0 Å². The second kappa shape index (κ2) is 10.3. The summed E-state index contributed by atoms with van der Waals surface area (Å²) in [6.07, 6.45) is 0. The molecule has 0 spiro atoms. The largest absolute Gasteiger partial charge is 0 e. The molecule has 0 aromatic carbocycles. The summed E-state index contributed by atoms with van der Waals surface area (Å²) in [7, 11) is -4.64. The molecule has 0 radical (unpaired) electrons. The van der Waals surface area contributed by atoms with E-state index in [1.165, 1.54) is 0 Å². The van der Waals surface area contributed by atoms with Crippen molar-refractivity contribution in [1.82, 2.24) is 0 Å². The van der Waals surface area contributed by atoms with Crippen LogP contribution in [0.15, 0.2) is 0 Å². The Morgan fingerprint density at radius 2 is 1.00 bits per heavy atom. The van der Waals surface area contributed by atoms with E-state index in [2.05, 4.69) is 0 Å². The van der Waals surface area contributed by atoms with Crippen LogP contribution in [-0.2, 0) is 26.3 Å². The van der Waals surface area contributed by atoms with Gasteiger partial charge in [0, 0.05) is 21.7 Å². The first-order chi connectivity index (χ1) is 2.00. The van der Waals surface area contributed by atoms with E-state index in [1.807, 2.05) is 0 Å².